The lowest BCUT2D eigenvalue weighted by Gasteiger charge is -2.29. The second-order valence-corrected chi connectivity index (χ2v) is 5.77. The van der Waals surface area contributed by atoms with Gasteiger partial charge >= 0.3 is 0 Å². The molecule has 3 heteroatoms. The van der Waals surface area contributed by atoms with Gasteiger partial charge in [-0.15, -0.1) is 0 Å². The maximum absolute atomic E-state index is 3.51. The summed E-state index contributed by atoms with van der Waals surface area (Å²) < 4.78 is 0. The van der Waals surface area contributed by atoms with Gasteiger partial charge in [0.25, 0.3) is 0 Å². The van der Waals surface area contributed by atoms with E-state index in [2.05, 4.69) is 34.0 Å². The number of piperidine rings is 1. The van der Waals surface area contributed by atoms with E-state index in [1.165, 1.54) is 57.5 Å². The average Bonchev–Trinajstić information content (AvgIpc) is 2.89. The molecule has 0 saturated carbocycles. The number of likely N-dealkylation sites (N-methyl/N-ethyl adjacent to an activating group) is 1. The van der Waals surface area contributed by atoms with Crippen LogP contribution in [0.5, 0.6) is 0 Å². The van der Waals surface area contributed by atoms with Crippen LogP contribution in [0, 0.1) is 5.92 Å². The summed E-state index contributed by atoms with van der Waals surface area (Å²) in [5.41, 5.74) is 1.50. The topological polar surface area (TPSA) is 15.3 Å². The lowest BCUT2D eigenvalue weighted by Crippen LogP contribution is -2.39. The van der Waals surface area contributed by atoms with E-state index in [9.17, 15) is 0 Å². The van der Waals surface area contributed by atoms with Crippen LogP contribution in [0.2, 0.25) is 0 Å². The van der Waals surface area contributed by atoms with Crippen molar-refractivity contribution < 1.29 is 0 Å². The Hall–Kier alpha value is -0.380. The number of rotatable bonds is 6. The van der Waals surface area contributed by atoms with Gasteiger partial charge in [-0.25, -0.2) is 0 Å². The van der Waals surface area contributed by atoms with Crippen LogP contribution < -0.4 is 5.32 Å². The summed E-state index contributed by atoms with van der Waals surface area (Å²) in [6.45, 7) is 8.38. The van der Waals surface area contributed by atoms with Crippen molar-refractivity contribution in [2.24, 2.45) is 5.92 Å². The molecule has 0 radical (unpaired) electrons. The highest BCUT2D eigenvalue weighted by atomic mass is 32.1. The summed E-state index contributed by atoms with van der Waals surface area (Å²) in [5.74, 6) is 0.867. The molecule has 0 amide bonds. The lowest BCUT2D eigenvalue weighted by atomic mass is 9.99. The molecule has 1 aliphatic rings. The molecule has 1 saturated heterocycles. The molecule has 96 valence electrons. The van der Waals surface area contributed by atoms with Crippen molar-refractivity contribution in [3.05, 3.63) is 22.4 Å². The summed E-state index contributed by atoms with van der Waals surface area (Å²) in [7, 11) is 0. The van der Waals surface area contributed by atoms with Gasteiger partial charge in [-0.3, -0.25) is 0 Å². The van der Waals surface area contributed by atoms with Crippen molar-refractivity contribution in [1.82, 2.24) is 10.2 Å². The summed E-state index contributed by atoms with van der Waals surface area (Å²) in [6.07, 6.45) is 3.96. The molecule has 1 atom stereocenters. The van der Waals surface area contributed by atoms with E-state index in [0.717, 1.165) is 5.92 Å². The van der Waals surface area contributed by atoms with Crippen LogP contribution in [0.25, 0.3) is 0 Å². The van der Waals surface area contributed by atoms with E-state index in [1.807, 2.05) is 0 Å². The van der Waals surface area contributed by atoms with Crippen LogP contribution in [-0.2, 0) is 6.42 Å². The number of hydrogen-bond acceptors (Lipinski definition) is 3. The summed E-state index contributed by atoms with van der Waals surface area (Å²) in [5, 5.41) is 7.96. The lowest BCUT2D eigenvalue weighted by molar-refractivity contribution is 0.218. The zero-order valence-corrected chi connectivity index (χ0v) is 11.6. The highest BCUT2D eigenvalue weighted by molar-refractivity contribution is 7.07. The Bertz CT molecular complexity index is 291. The Morgan fingerprint density at radius 2 is 2.47 bits per heavy atom. The normalized spacial score (nSPS) is 20.9. The maximum atomic E-state index is 3.51. The molecule has 1 unspecified atom stereocenters. The Kier molecular flexibility index (Phi) is 5.49. The molecular weight excluding hydrogens is 228 g/mol. The van der Waals surface area contributed by atoms with E-state index in [-0.39, 0.29) is 0 Å². The van der Waals surface area contributed by atoms with E-state index in [0.29, 0.717) is 0 Å². The molecule has 0 aromatic carbocycles. The zero-order valence-electron chi connectivity index (χ0n) is 10.8. The van der Waals surface area contributed by atoms with Gasteiger partial charge in [0.1, 0.15) is 0 Å². The SMILES string of the molecule is CCN(CCc1ccsc1)CC1CCCNC1. The number of nitrogens with zero attached hydrogens (tertiary/aromatic N) is 1. The van der Waals surface area contributed by atoms with Crippen LogP contribution in [0.4, 0.5) is 0 Å². The maximum Gasteiger partial charge on any atom is 0.00221 e. The van der Waals surface area contributed by atoms with Crippen molar-refractivity contribution in [3.8, 4) is 0 Å². The van der Waals surface area contributed by atoms with Gasteiger partial charge < -0.3 is 10.2 Å². The van der Waals surface area contributed by atoms with E-state index >= 15 is 0 Å². The smallest absolute Gasteiger partial charge is 0.00221 e. The average molecular weight is 252 g/mol. The molecule has 1 N–H and O–H groups in total. The van der Waals surface area contributed by atoms with Crippen molar-refractivity contribution in [3.63, 3.8) is 0 Å². The quantitative estimate of drug-likeness (QED) is 0.837. The fraction of sp³-hybridized carbons (Fsp3) is 0.714. The first-order valence-corrected chi connectivity index (χ1v) is 7.77. The minimum absolute atomic E-state index is 0.867. The highest BCUT2D eigenvalue weighted by Crippen LogP contribution is 2.13. The Morgan fingerprint density at radius 1 is 1.53 bits per heavy atom. The van der Waals surface area contributed by atoms with Gasteiger partial charge in [0.2, 0.25) is 0 Å². The molecule has 0 spiro atoms. The molecule has 0 bridgehead atoms. The molecule has 2 rings (SSSR count). The molecule has 1 aromatic rings. The van der Waals surface area contributed by atoms with Crippen LogP contribution >= 0.6 is 11.3 Å². The van der Waals surface area contributed by atoms with Gasteiger partial charge in [-0.2, -0.15) is 11.3 Å². The Balaban J connectivity index is 1.72. The van der Waals surface area contributed by atoms with Crippen LogP contribution in [0.1, 0.15) is 25.3 Å². The van der Waals surface area contributed by atoms with Crippen LogP contribution in [0.15, 0.2) is 16.8 Å². The third-order valence-electron chi connectivity index (χ3n) is 3.66. The van der Waals surface area contributed by atoms with E-state index in [1.54, 1.807) is 11.3 Å². The Morgan fingerprint density at radius 3 is 3.12 bits per heavy atom. The highest BCUT2D eigenvalue weighted by Gasteiger charge is 2.15. The number of nitrogens with one attached hydrogen (secondary N) is 1. The fourth-order valence-electron chi connectivity index (χ4n) is 2.55. The predicted molar refractivity (Wildman–Crippen MR) is 75.7 cm³/mol. The summed E-state index contributed by atoms with van der Waals surface area (Å²) >= 11 is 1.81. The Labute approximate surface area is 109 Å². The van der Waals surface area contributed by atoms with Gasteiger partial charge in [-0.1, -0.05) is 6.92 Å². The minimum atomic E-state index is 0.867. The first kappa shape index (κ1) is 13.1. The van der Waals surface area contributed by atoms with Crippen molar-refractivity contribution >= 4 is 11.3 Å². The third kappa shape index (κ3) is 4.41. The van der Waals surface area contributed by atoms with Gasteiger partial charge in [0, 0.05) is 13.1 Å². The molecule has 17 heavy (non-hydrogen) atoms. The standard InChI is InChI=1S/C14H24N2S/c1-2-16(8-5-13-6-9-17-12-13)11-14-4-3-7-15-10-14/h6,9,12,14-15H,2-5,7-8,10-11H2,1H3. The van der Waals surface area contributed by atoms with Crippen molar-refractivity contribution in [1.29, 1.82) is 0 Å². The second-order valence-electron chi connectivity index (χ2n) is 4.99. The van der Waals surface area contributed by atoms with Gasteiger partial charge in [0.15, 0.2) is 0 Å². The molecular formula is C14H24N2S. The van der Waals surface area contributed by atoms with Crippen LogP contribution in [-0.4, -0.2) is 37.6 Å². The largest absolute Gasteiger partial charge is 0.316 e. The minimum Gasteiger partial charge on any atom is -0.316 e. The molecule has 2 heterocycles. The monoisotopic (exact) mass is 252 g/mol. The second kappa shape index (κ2) is 7.14. The number of hydrogen-bond donors (Lipinski definition) is 1. The summed E-state index contributed by atoms with van der Waals surface area (Å²) in [4.78, 5) is 2.61. The number of thiophene rings is 1. The predicted octanol–water partition coefficient (Wildman–Crippen LogP) is 2.61. The molecule has 1 aromatic heterocycles. The first-order valence-electron chi connectivity index (χ1n) is 6.82. The van der Waals surface area contributed by atoms with Crippen molar-refractivity contribution in [2.45, 2.75) is 26.2 Å². The fourth-order valence-corrected chi connectivity index (χ4v) is 3.25. The summed E-state index contributed by atoms with van der Waals surface area (Å²) in [6, 6.07) is 2.25. The third-order valence-corrected chi connectivity index (χ3v) is 4.39. The van der Waals surface area contributed by atoms with E-state index < -0.39 is 0 Å². The first-order chi connectivity index (χ1) is 8.38. The van der Waals surface area contributed by atoms with Gasteiger partial charge in [0.05, 0.1) is 0 Å². The molecule has 1 fully saturated rings. The van der Waals surface area contributed by atoms with Crippen LogP contribution in [0.3, 0.4) is 0 Å². The molecule has 0 aliphatic carbocycles. The van der Waals surface area contributed by atoms with Gasteiger partial charge in [-0.05, 0) is 67.2 Å². The molecule has 1 aliphatic heterocycles. The van der Waals surface area contributed by atoms with Crippen molar-refractivity contribution in [2.75, 3.05) is 32.7 Å². The molecule has 2 nitrogen and oxygen atoms in total. The van der Waals surface area contributed by atoms with E-state index in [4.69, 9.17) is 0 Å². The zero-order chi connectivity index (χ0) is 11.9.